The number of hydrogen-bond acceptors (Lipinski definition) is 10. The van der Waals surface area contributed by atoms with Crippen molar-refractivity contribution in [2.45, 2.75) is 38.0 Å². The Kier molecular flexibility index (Phi) is 10.0. The van der Waals surface area contributed by atoms with E-state index < -0.39 is 30.0 Å². The maximum Gasteiger partial charge on any atom is 0.331 e. The van der Waals surface area contributed by atoms with Crippen molar-refractivity contribution in [3.8, 4) is 17.2 Å². The number of methoxy groups -OCH3 is 2. The maximum atomic E-state index is 13.1. The molecule has 1 amide bonds. The number of esters is 2. The van der Waals surface area contributed by atoms with Gasteiger partial charge in [-0.25, -0.2) is 9.78 Å². The number of nitrogens with one attached hydrogen (secondary N) is 1. The molecule has 1 N–H and O–H groups in total. The van der Waals surface area contributed by atoms with Crippen molar-refractivity contribution in [1.29, 1.82) is 0 Å². The smallest absolute Gasteiger partial charge is 0.331 e. The number of carbonyl (C=O) groups is 3. The summed E-state index contributed by atoms with van der Waals surface area (Å²) in [7, 11) is 2.81. The highest BCUT2D eigenvalue weighted by Gasteiger charge is 2.31. The fraction of sp³-hybridized carbons (Fsp3) is 0.440. The molecule has 1 saturated heterocycles. The van der Waals surface area contributed by atoms with Crippen LogP contribution in [0.1, 0.15) is 30.3 Å². The molecule has 194 valence electrons. The molecule has 3 atom stereocenters. The number of ether oxygens (including phenoxy) is 6. The average Bonchev–Trinajstić information content (AvgIpc) is 2.92. The Morgan fingerprint density at radius 2 is 1.92 bits per heavy atom. The number of amides is 1. The van der Waals surface area contributed by atoms with Crippen molar-refractivity contribution in [3.63, 3.8) is 0 Å². The van der Waals surface area contributed by atoms with Gasteiger partial charge in [-0.1, -0.05) is 18.2 Å². The third kappa shape index (κ3) is 7.65. The third-order valence-corrected chi connectivity index (χ3v) is 5.17. The topological polar surface area (TPSA) is 132 Å². The molecule has 11 heteroatoms. The van der Waals surface area contributed by atoms with Crippen LogP contribution < -0.4 is 19.5 Å². The van der Waals surface area contributed by atoms with Crippen molar-refractivity contribution >= 4 is 17.8 Å². The first-order chi connectivity index (χ1) is 17.4. The van der Waals surface area contributed by atoms with Crippen molar-refractivity contribution in [1.82, 2.24) is 10.3 Å². The number of carbonyl (C=O) groups excluding carboxylic acids is 3. The van der Waals surface area contributed by atoms with Crippen molar-refractivity contribution in [3.05, 3.63) is 48.3 Å². The Bertz CT molecular complexity index is 1030. The molecular formula is C25H30N2O9. The molecule has 11 nitrogen and oxygen atoms in total. The zero-order valence-electron chi connectivity index (χ0n) is 20.4. The zero-order chi connectivity index (χ0) is 25.9. The molecule has 1 fully saturated rings. The summed E-state index contributed by atoms with van der Waals surface area (Å²) in [6, 6.07) is 9.57. The normalized spacial score (nSPS) is 20.2. The second kappa shape index (κ2) is 13.4. The van der Waals surface area contributed by atoms with Crippen LogP contribution >= 0.6 is 0 Å². The molecule has 3 rings (SSSR count). The molecule has 0 bridgehead atoms. The maximum absolute atomic E-state index is 13.1. The predicted octanol–water partition coefficient (Wildman–Crippen LogP) is 1.93. The average molecular weight is 503 g/mol. The number of hydrogen-bond donors (Lipinski definition) is 1. The lowest BCUT2D eigenvalue weighted by atomic mass is 10.2. The largest absolute Gasteiger partial charge is 0.493 e. The summed E-state index contributed by atoms with van der Waals surface area (Å²) < 4.78 is 32.6. The molecule has 2 aromatic rings. The van der Waals surface area contributed by atoms with Crippen LogP contribution in [0.3, 0.4) is 0 Å². The first-order valence-electron chi connectivity index (χ1n) is 11.4. The summed E-state index contributed by atoms with van der Waals surface area (Å²) in [5, 5.41) is 2.56. The molecule has 2 unspecified atom stereocenters. The van der Waals surface area contributed by atoms with Crippen molar-refractivity contribution < 1.29 is 42.8 Å². The molecular weight excluding hydrogens is 472 g/mol. The van der Waals surface area contributed by atoms with Gasteiger partial charge in [0, 0.05) is 25.8 Å². The lowest BCUT2D eigenvalue weighted by Crippen LogP contribution is -2.45. The quantitative estimate of drug-likeness (QED) is 0.507. The second-order valence-corrected chi connectivity index (χ2v) is 8.01. The van der Waals surface area contributed by atoms with E-state index in [-0.39, 0.29) is 49.5 Å². The molecule has 1 aromatic carbocycles. The molecule has 36 heavy (non-hydrogen) atoms. The number of para-hydroxylation sites is 1. The van der Waals surface area contributed by atoms with Gasteiger partial charge >= 0.3 is 11.9 Å². The number of benzene rings is 1. The van der Waals surface area contributed by atoms with Crippen molar-refractivity contribution in [2.75, 3.05) is 34.0 Å². The fourth-order valence-corrected chi connectivity index (χ4v) is 3.45. The van der Waals surface area contributed by atoms with Gasteiger partial charge in [-0.3, -0.25) is 9.59 Å². The Morgan fingerprint density at radius 3 is 2.64 bits per heavy atom. The first-order valence-corrected chi connectivity index (χ1v) is 11.4. The minimum absolute atomic E-state index is 0.0392. The van der Waals surface area contributed by atoms with Crippen molar-refractivity contribution in [2.24, 2.45) is 0 Å². The van der Waals surface area contributed by atoms with Gasteiger partial charge in [-0.2, -0.15) is 0 Å². The van der Waals surface area contributed by atoms with E-state index in [1.54, 1.807) is 6.92 Å². The molecule has 1 aromatic heterocycles. The number of aromatic nitrogens is 1. The lowest BCUT2D eigenvalue weighted by molar-refractivity contribution is -0.151. The van der Waals surface area contributed by atoms with Crippen LogP contribution in [0.15, 0.2) is 42.6 Å². The predicted molar refractivity (Wildman–Crippen MR) is 126 cm³/mol. The van der Waals surface area contributed by atoms with Gasteiger partial charge in [0.15, 0.2) is 17.5 Å². The fourth-order valence-electron chi connectivity index (χ4n) is 3.45. The van der Waals surface area contributed by atoms with Gasteiger partial charge in [0.05, 0.1) is 33.4 Å². The minimum atomic E-state index is -1.12. The highest BCUT2D eigenvalue weighted by molar-refractivity contribution is 5.98. The SMILES string of the molecule is COCCC(=O)Oc1c(OC)ccnc1C(=O)N[C@H]1COCC(Oc2ccccc2)CC(C)OC1=O. The number of cyclic esters (lactones) is 1. The Balaban J connectivity index is 1.71. The van der Waals surface area contributed by atoms with E-state index in [2.05, 4.69) is 10.3 Å². The van der Waals surface area contributed by atoms with Crippen LogP contribution in [0.2, 0.25) is 0 Å². The first kappa shape index (κ1) is 26.9. The summed E-state index contributed by atoms with van der Waals surface area (Å²) in [5.41, 5.74) is -0.230. The van der Waals surface area contributed by atoms with Crippen LogP contribution in [-0.4, -0.2) is 75.1 Å². The minimum Gasteiger partial charge on any atom is -0.493 e. The third-order valence-electron chi connectivity index (χ3n) is 5.17. The Hall–Kier alpha value is -3.70. The van der Waals surface area contributed by atoms with E-state index in [0.29, 0.717) is 12.2 Å². The van der Waals surface area contributed by atoms with E-state index in [9.17, 15) is 14.4 Å². The molecule has 1 aliphatic rings. The molecule has 0 aliphatic carbocycles. The monoisotopic (exact) mass is 502 g/mol. The van der Waals surface area contributed by atoms with Gasteiger partial charge in [0.1, 0.15) is 18.0 Å². The van der Waals surface area contributed by atoms with Crippen LogP contribution in [0.25, 0.3) is 0 Å². The zero-order valence-corrected chi connectivity index (χ0v) is 20.4. The highest BCUT2D eigenvalue weighted by atomic mass is 16.6. The van der Waals surface area contributed by atoms with Crippen LogP contribution in [0.4, 0.5) is 0 Å². The van der Waals surface area contributed by atoms with E-state index in [1.165, 1.54) is 26.5 Å². The lowest BCUT2D eigenvalue weighted by Gasteiger charge is -2.21. The van der Waals surface area contributed by atoms with Gasteiger partial charge in [-0.05, 0) is 19.1 Å². The summed E-state index contributed by atoms with van der Waals surface area (Å²) in [6.07, 6.45) is 0.844. The Morgan fingerprint density at radius 1 is 1.14 bits per heavy atom. The van der Waals surface area contributed by atoms with Gasteiger partial charge < -0.3 is 33.7 Å². The standard InChI is InChI=1S/C25H30N2O9/c1-16-13-18(35-17-7-5-4-6-8-17)14-33-15-19(25(30)34-16)27-24(29)22-23(20(32-3)9-11-26-22)36-21(28)10-12-31-2/h4-9,11,16,18-19H,10,12-15H2,1-3H3,(H,27,29)/t16?,18?,19-/m0/s1. The number of nitrogens with zero attached hydrogens (tertiary/aromatic N) is 1. The van der Waals surface area contributed by atoms with E-state index in [0.717, 1.165) is 0 Å². The summed E-state index contributed by atoms with van der Waals surface area (Å²) in [4.78, 5) is 42.0. The Labute approximate surface area is 209 Å². The summed E-state index contributed by atoms with van der Waals surface area (Å²) in [5.74, 6) is -1.44. The molecule has 1 aliphatic heterocycles. The van der Waals surface area contributed by atoms with Gasteiger partial charge in [-0.15, -0.1) is 0 Å². The number of pyridine rings is 1. The van der Waals surface area contributed by atoms with Gasteiger partial charge in [0.2, 0.25) is 5.75 Å². The van der Waals surface area contributed by atoms with E-state index >= 15 is 0 Å². The molecule has 0 radical (unpaired) electrons. The number of rotatable bonds is 9. The molecule has 2 heterocycles. The van der Waals surface area contributed by atoms with Crippen LogP contribution in [0.5, 0.6) is 17.2 Å². The molecule has 0 saturated carbocycles. The summed E-state index contributed by atoms with van der Waals surface area (Å²) >= 11 is 0. The van der Waals surface area contributed by atoms with Crippen LogP contribution in [-0.2, 0) is 23.8 Å². The van der Waals surface area contributed by atoms with Gasteiger partial charge in [0.25, 0.3) is 5.91 Å². The van der Waals surface area contributed by atoms with E-state index in [1.807, 2.05) is 30.3 Å². The van der Waals surface area contributed by atoms with E-state index in [4.69, 9.17) is 28.4 Å². The summed E-state index contributed by atoms with van der Waals surface area (Å²) in [6.45, 7) is 1.91. The van der Waals surface area contributed by atoms with Crippen LogP contribution in [0, 0.1) is 0 Å². The second-order valence-electron chi connectivity index (χ2n) is 8.01. The highest BCUT2D eigenvalue weighted by Crippen LogP contribution is 2.30. The molecule has 0 spiro atoms.